The van der Waals surface area contributed by atoms with E-state index >= 15 is 0 Å². The minimum atomic E-state index is 0.867. The molecular formula is C10H10NS2Si. The third kappa shape index (κ3) is 1.97. The third-order valence-corrected chi connectivity index (χ3v) is 3.72. The summed E-state index contributed by atoms with van der Waals surface area (Å²) >= 11 is 6.79. The number of fused-ring (bicyclic) bond motifs is 1. The lowest BCUT2D eigenvalue weighted by atomic mass is 10.1. The molecule has 0 fully saturated rings. The first-order chi connectivity index (χ1) is 6.81. The van der Waals surface area contributed by atoms with Crippen LogP contribution in [0.2, 0.25) is 6.04 Å². The molecule has 0 amide bonds. The molecule has 1 heterocycles. The van der Waals surface area contributed by atoms with Crippen molar-refractivity contribution in [3.63, 3.8) is 0 Å². The molecule has 0 saturated heterocycles. The second-order valence-corrected chi connectivity index (χ2v) is 5.38. The monoisotopic (exact) mass is 236 g/mol. The van der Waals surface area contributed by atoms with Crippen molar-refractivity contribution < 1.29 is 0 Å². The predicted octanol–water partition coefficient (Wildman–Crippen LogP) is 3.48. The third-order valence-electron chi connectivity index (χ3n) is 2.17. The maximum absolute atomic E-state index is 5.14. The molecular weight excluding hydrogens is 226 g/mol. The Morgan fingerprint density at radius 3 is 3.07 bits per heavy atom. The molecule has 2 rings (SSSR count). The van der Waals surface area contributed by atoms with E-state index in [0.29, 0.717) is 0 Å². The molecule has 1 nitrogen and oxygen atoms in total. The van der Waals surface area contributed by atoms with Crippen molar-refractivity contribution in [2.75, 3.05) is 0 Å². The highest BCUT2D eigenvalue weighted by Gasteiger charge is 2.02. The molecule has 0 unspecified atom stereocenters. The van der Waals surface area contributed by atoms with Gasteiger partial charge >= 0.3 is 0 Å². The van der Waals surface area contributed by atoms with Crippen LogP contribution in [-0.2, 0) is 6.42 Å². The van der Waals surface area contributed by atoms with Crippen molar-refractivity contribution in [1.82, 2.24) is 4.98 Å². The number of hydrogen-bond acceptors (Lipinski definition) is 2. The molecule has 0 atom stereocenters. The second-order valence-electron chi connectivity index (χ2n) is 3.16. The summed E-state index contributed by atoms with van der Waals surface area (Å²) in [6, 6.07) is 7.43. The predicted molar refractivity (Wildman–Crippen MR) is 65.9 cm³/mol. The van der Waals surface area contributed by atoms with E-state index in [2.05, 4.69) is 33.4 Å². The molecule has 3 radical (unpaired) electrons. The number of aromatic nitrogens is 1. The number of nitrogens with one attached hydrogen (secondary N) is 1. The second kappa shape index (κ2) is 4.38. The molecule has 0 aliphatic rings. The summed E-state index contributed by atoms with van der Waals surface area (Å²) in [5.41, 5.74) is 2.59. The Hall–Kier alpha value is -0.453. The Labute approximate surface area is 95.6 Å². The zero-order valence-corrected chi connectivity index (χ0v) is 10.3. The Balaban J connectivity index is 2.47. The average molecular weight is 236 g/mol. The maximum Gasteiger partial charge on any atom is 0.159 e. The highest BCUT2D eigenvalue weighted by molar-refractivity contribution is 7.73. The lowest BCUT2D eigenvalue weighted by Gasteiger charge is -2.00. The number of aryl methyl sites for hydroxylation is 1. The smallest absolute Gasteiger partial charge is 0.159 e. The van der Waals surface area contributed by atoms with Crippen LogP contribution in [0.5, 0.6) is 0 Å². The van der Waals surface area contributed by atoms with Crippen LogP contribution in [0.3, 0.4) is 0 Å². The van der Waals surface area contributed by atoms with Gasteiger partial charge in [0.15, 0.2) is 3.95 Å². The van der Waals surface area contributed by atoms with Crippen LogP contribution >= 0.6 is 23.6 Å². The summed E-state index contributed by atoms with van der Waals surface area (Å²) in [4.78, 5) is 3.25. The zero-order valence-electron chi connectivity index (χ0n) is 7.67. The van der Waals surface area contributed by atoms with Gasteiger partial charge in [-0.1, -0.05) is 24.6 Å². The number of hydrogen-bond donors (Lipinski definition) is 1. The van der Waals surface area contributed by atoms with E-state index in [-0.39, 0.29) is 0 Å². The lowest BCUT2D eigenvalue weighted by molar-refractivity contribution is 0.924. The van der Waals surface area contributed by atoms with Gasteiger partial charge in [-0.3, -0.25) is 0 Å². The zero-order chi connectivity index (χ0) is 9.97. The van der Waals surface area contributed by atoms with Crippen molar-refractivity contribution in [1.29, 1.82) is 0 Å². The number of rotatable bonds is 3. The van der Waals surface area contributed by atoms with E-state index in [1.807, 2.05) is 0 Å². The van der Waals surface area contributed by atoms with Gasteiger partial charge in [0.1, 0.15) is 0 Å². The minimum absolute atomic E-state index is 0.867. The Morgan fingerprint density at radius 1 is 1.43 bits per heavy atom. The molecule has 1 aromatic carbocycles. The average Bonchev–Trinajstić information content (AvgIpc) is 2.55. The van der Waals surface area contributed by atoms with Gasteiger partial charge in [0.25, 0.3) is 0 Å². The van der Waals surface area contributed by atoms with Gasteiger partial charge in [0.05, 0.1) is 10.2 Å². The van der Waals surface area contributed by atoms with E-state index in [1.54, 1.807) is 11.3 Å². The van der Waals surface area contributed by atoms with Crippen molar-refractivity contribution >= 4 is 44.0 Å². The molecule has 4 heteroatoms. The van der Waals surface area contributed by atoms with Crippen LogP contribution in [0.25, 0.3) is 10.2 Å². The number of H-pyrrole nitrogens is 1. The number of benzene rings is 1. The Morgan fingerprint density at radius 2 is 2.29 bits per heavy atom. The standard InChI is InChI=1S/C10H10NS2Si/c12-10-11-9-7(4-2-6-14)3-1-5-8(9)13-10/h1,3,5H,2,4,6H2,(H,11,12). The molecule has 14 heavy (non-hydrogen) atoms. The largest absolute Gasteiger partial charge is 0.337 e. The highest BCUT2D eigenvalue weighted by Crippen LogP contribution is 2.23. The summed E-state index contributed by atoms with van der Waals surface area (Å²) < 4.78 is 2.13. The van der Waals surface area contributed by atoms with Crippen molar-refractivity contribution in [3.05, 3.63) is 27.7 Å². The normalized spacial score (nSPS) is 10.9. The van der Waals surface area contributed by atoms with Crippen LogP contribution in [0, 0.1) is 3.95 Å². The van der Waals surface area contributed by atoms with Crippen LogP contribution in [0.4, 0.5) is 0 Å². The van der Waals surface area contributed by atoms with Crippen molar-refractivity contribution in [2.24, 2.45) is 0 Å². The Bertz CT molecular complexity index is 486. The SMILES string of the molecule is [Si]CCCc1cccc2sc(=S)[nH]c12. The Kier molecular flexibility index (Phi) is 3.15. The van der Waals surface area contributed by atoms with E-state index in [4.69, 9.17) is 12.2 Å². The van der Waals surface area contributed by atoms with Crippen LogP contribution < -0.4 is 0 Å². The number of aromatic amines is 1. The molecule has 2 aromatic rings. The van der Waals surface area contributed by atoms with E-state index in [9.17, 15) is 0 Å². The molecule has 0 aliphatic heterocycles. The highest BCUT2D eigenvalue weighted by atomic mass is 32.1. The lowest BCUT2D eigenvalue weighted by Crippen LogP contribution is -1.86. The number of para-hydroxylation sites is 1. The fourth-order valence-corrected chi connectivity index (χ4v) is 2.85. The van der Waals surface area contributed by atoms with Gasteiger partial charge in [-0.15, -0.1) is 11.3 Å². The van der Waals surface area contributed by atoms with Gasteiger partial charge < -0.3 is 4.98 Å². The summed E-state index contributed by atoms with van der Waals surface area (Å²) in [5, 5.41) is 0. The molecule has 0 aliphatic carbocycles. The molecule has 1 aromatic heterocycles. The maximum atomic E-state index is 5.14. The molecule has 0 bridgehead atoms. The molecule has 1 N–H and O–H groups in total. The van der Waals surface area contributed by atoms with Crippen LogP contribution in [0.1, 0.15) is 12.0 Å². The first-order valence-corrected chi connectivity index (χ1v) is 6.50. The van der Waals surface area contributed by atoms with E-state index in [0.717, 1.165) is 22.8 Å². The van der Waals surface area contributed by atoms with Gasteiger partial charge in [-0.2, -0.15) is 0 Å². The topological polar surface area (TPSA) is 15.8 Å². The number of thiazole rings is 1. The van der Waals surface area contributed by atoms with Crippen LogP contribution in [0.15, 0.2) is 18.2 Å². The van der Waals surface area contributed by atoms with Crippen molar-refractivity contribution in [3.8, 4) is 0 Å². The summed E-state index contributed by atoms with van der Waals surface area (Å²) in [6.45, 7) is 0. The van der Waals surface area contributed by atoms with Gasteiger partial charge in [-0.25, -0.2) is 0 Å². The van der Waals surface area contributed by atoms with E-state index < -0.39 is 0 Å². The van der Waals surface area contributed by atoms with Crippen molar-refractivity contribution in [2.45, 2.75) is 18.9 Å². The molecule has 71 valence electrons. The molecule has 0 saturated carbocycles. The fraction of sp³-hybridized carbons (Fsp3) is 0.300. The summed E-state index contributed by atoms with van der Waals surface area (Å²) in [7, 11) is 3.49. The summed E-state index contributed by atoms with van der Waals surface area (Å²) in [5.74, 6) is 0. The molecule has 0 spiro atoms. The van der Waals surface area contributed by atoms with Gasteiger partial charge in [0.2, 0.25) is 0 Å². The minimum Gasteiger partial charge on any atom is -0.337 e. The summed E-state index contributed by atoms with van der Waals surface area (Å²) in [6.07, 6.45) is 2.26. The van der Waals surface area contributed by atoms with Crippen LogP contribution in [-0.4, -0.2) is 15.2 Å². The first kappa shape index (κ1) is 10.1. The quantitative estimate of drug-likeness (QED) is 0.637. The van der Waals surface area contributed by atoms with Gasteiger partial charge in [-0.05, 0) is 30.3 Å². The fourth-order valence-electron chi connectivity index (χ4n) is 1.52. The van der Waals surface area contributed by atoms with Gasteiger partial charge in [0, 0.05) is 10.2 Å². The van der Waals surface area contributed by atoms with E-state index in [1.165, 1.54) is 15.8 Å². The first-order valence-electron chi connectivity index (χ1n) is 4.56.